The van der Waals surface area contributed by atoms with Gasteiger partial charge in [0.1, 0.15) is 9.79 Å². The maximum absolute atomic E-state index is 12.2. The lowest BCUT2D eigenvalue weighted by atomic mass is 10.0. The molecule has 0 aliphatic heterocycles. The highest BCUT2D eigenvalue weighted by Gasteiger charge is 2.25. The van der Waals surface area contributed by atoms with E-state index in [0.717, 1.165) is 14.2 Å². The molecule has 0 radical (unpaired) electrons. The summed E-state index contributed by atoms with van der Waals surface area (Å²) in [6, 6.07) is 9.40. The van der Waals surface area contributed by atoms with Crippen LogP contribution in [0.1, 0.15) is 11.1 Å². The standard InChI is InChI=1S/C16H18O6S2/c1-11-5-7-13(15(9-11)23(17,18)21-3)14-8-6-12(2)10-16(14)24(19,20)22-4/h5-10H,1-4H3. The molecule has 2 rings (SSSR count). The van der Waals surface area contributed by atoms with E-state index in [4.69, 9.17) is 0 Å². The van der Waals surface area contributed by atoms with Gasteiger partial charge in [0.15, 0.2) is 0 Å². The van der Waals surface area contributed by atoms with E-state index in [0.29, 0.717) is 11.1 Å². The van der Waals surface area contributed by atoms with E-state index in [9.17, 15) is 16.8 Å². The van der Waals surface area contributed by atoms with E-state index in [1.807, 2.05) is 0 Å². The van der Waals surface area contributed by atoms with Crippen LogP contribution in [0.15, 0.2) is 46.2 Å². The van der Waals surface area contributed by atoms with Crippen LogP contribution < -0.4 is 0 Å². The number of hydrogen-bond donors (Lipinski definition) is 0. The van der Waals surface area contributed by atoms with Crippen molar-refractivity contribution >= 4 is 20.2 Å². The lowest BCUT2D eigenvalue weighted by Gasteiger charge is -2.14. The molecule has 0 atom stereocenters. The van der Waals surface area contributed by atoms with Crippen molar-refractivity contribution in [3.05, 3.63) is 47.5 Å². The minimum atomic E-state index is -4.01. The summed E-state index contributed by atoms with van der Waals surface area (Å²) in [4.78, 5) is -0.192. The quantitative estimate of drug-likeness (QED) is 0.752. The highest BCUT2D eigenvalue weighted by molar-refractivity contribution is 7.87. The predicted molar refractivity (Wildman–Crippen MR) is 89.7 cm³/mol. The topological polar surface area (TPSA) is 86.7 Å². The first kappa shape index (κ1) is 18.6. The number of hydrogen-bond acceptors (Lipinski definition) is 6. The van der Waals surface area contributed by atoms with Crippen molar-refractivity contribution in [2.45, 2.75) is 23.6 Å². The van der Waals surface area contributed by atoms with Gasteiger partial charge in [-0.05, 0) is 37.1 Å². The molecule has 0 aliphatic rings. The van der Waals surface area contributed by atoms with Gasteiger partial charge in [0.05, 0.1) is 14.2 Å². The molecule has 2 aromatic rings. The molecule has 0 saturated heterocycles. The van der Waals surface area contributed by atoms with Gasteiger partial charge in [-0.3, -0.25) is 8.37 Å². The summed E-state index contributed by atoms with van der Waals surface area (Å²) < 4.78 is 58.2. The molecular weight excluding hydrogens is 352 g/mol. The van der Waals surface area contributed by atoms with Crippen molar-refractivity contribution in [3.63, 3.8) is 0 Å². The summed E-state index contributed by atoms with van der Waals surface area (Å²) in [5, 5.41) is 0. The smallest absolute Gasteiger partial charge is 0.270 e. The Morgan fingerprint density at radius 3 is 1.29 bits per heavy atom. The van der Waals surface area contributed by atoms with Gasteiger partial charge in [0.2, 0.25) is 0 Å². The first-order chi connectivity index (χ1) is 11.1. The second kappa shape index (κ2) is 6.64. The Bertz CT molecular complexity index is 894. The van der Waals surface area contributed by atoms with Crippen molar-refractivity contribution in [2.75, 3.05) is 14.2 Å². The summed E-state index contributed by atoms with van der Waals surface area (Å²) in [7, 11) is -5.91. The van der Waals surface area contributed by atoms with Crippen LogP contribution in [0.4, 0.5) is 0 Å². The van der Waals surface area contributed by atoms with Crippen LogP contribution in [-0.2, 0) is 28.6 Å². The van der Waals surface area contributed by atoms with E-state index in [1.54, 1.807) is 38.1 Å². The van der Waals surface area contributed by atoms with Crippen LogP contribution in [0.5, 0.6) is 0 Å². The molecule has 0 saturated carbocycles. The molecule has 0 aliphatic carbocycles. The highest BCUT2D eigenvalue weighted by atomic mass is 32.2. The van der Waals surface area contributed by atoms with Gasteiger partial charge in [-0.25, -0.2) is 0 Å². The second-order valence-corrected chi connectivity index (χ2v) is 8.60. The zero-order chi connectivity index (χ0) is 18.1. The second-order valence-electron chi connectivity index (χ2n) is 5.24. The third-order valence-corrected chi connectivity index (χ3v) is 6.17. The predicted octanol–water partition coefficient (Wildman–Crippen LogP) is 2.64. The summed E-state index contributed by atoms with van der Waals surface area (Å²) >= 11 is 0. The third kappa shape index (κ3) is 3.51. The monoisotopic (exact) mass is 370 g/mol. The van der Waals surface area contributed by atoms with Crippen molar-refractivity contribution in [2.24, 2.45) is 0 Å². The van der Waals surface area contributed by atoms with Crippen molar-refractivity contribution in [1.82, 2.24) is 0 Å². The van der Waals surface area contributed by atoms with Crippen LogP contribution in [0.25, 0.3) is 11.1 Å². The average Bonchev–Trinajstić information content (AvgIpc) is 2.55. The fraction of sp³-hybridized carbons (Fsp3) is 0.250. The molecular formula is C16H18O6S2. The first-order valence-electron chi connectivity index (χ1n) is 6.95. The molecule has 6 nitrogen and oxygen atoms in total. The number of aryl methyl sites for hydroxylation is 2. The Balaban J connectivity index is 2.89. The third-order valence-electron chi connectivity index (χ3n) is 3.54. The molecule has 24 heavy (non-hydrogen) atoms. The van der Waals surface area contributed by atoms with E-state index in [2.05, 4.69) is 8.37 Å². The molecule has 130 valence electrons. The SMILES string of the molecule is COS(=O)(=O)c1cc(C)ccc1-c1ccc(C)cc1S(=O)(=O)OC. The number of benzene rings is 2. The van der Waals surface area contributed by atoms with Crippen molar-refractivity contribution in [3.8, 4) is 11.1 Å². The first-order valence-corrected chi connectivity index (χ1v) is 9.77. The molecule has 2 aromatic carbocycles. The Kier molecular flexibility index (Phi) is 5.14. The Hall–Kier alpha value is -1.74. The number of rotatable bonds is 5. The van der Waals surface area contributed by atoms with Crippen LogP contribution in [-0.4, -0.2) is 31.1 Å². The molecule has 0 heterocycles. The molecule has 0 bridgehead atoms. The minimum Gasteiger partial charge on any atom is -0.270 e. The van der Waals surface area contributed by atoms with Crippen molar-refractivity contribution < 1.29 is 25.2 Å². The fourth-order valence-corrected chi connectivity index (χ4v) is 4.21. The van der Waals surface area contributed by atoms with Crippen LogP contribution >= 0.6 is 0 Å². The average molecular weight is 370 g/mol. The largest absolute Gasteiger partial charge is 0.297 e. The highest BCUT2D eigenvalue weighted by Crippen LogP contribution is 2.34. The maximum atomic E-state index is 12.2. The lowest BCUT2D eigenvalue weighted by molar-refractivity contribution is 0.396. The zero-order valence-corrected chi connectivity index (χ0v) is 15.4. The van der Waals surface area contributed by atoms with Gasteiger partial charge in [0.25, 0.3) is 20.2 Å². The molecule has 0 unspecified atom stereocenters. The molecule has 0 aromatic heterocycles. The fourth-order valence-electron chi connectivity index (χ4n) is 2.30. The molecule has 0 spiro atoms. The lowest BCUT2D eigenvalue weighted by Crippen LogP contribution is -2.09. The van der Waals surface area contributed by atoms with E-state index >= 15 is 0 Å². The van der Waals surface area contributed by atoms with Gasteiger partial charge < -0.3 is 0 Å². The molecule has 0 fully saturated rings. The van der Waals surface area contributed by atoms with E-state index in [-0.39, 0.29) is 20.9 Å². The molecule has 0 amide bonds. The minimum absolute atomic E-state index is 0.0959. The van der Waals surface area contributed by atoms with Gasteiger partial charge in [-0.2, -0.15) is 16.8 Å². The maximum Gasteiger partial charge on any atom is 0.297 e. The van der Waals surface area contributed by atoms with E-state index in [1.165, 1.54) is 12.1 Å². The van der Waals surface area contributed by atoms with Crippen LogP contribution in [0.2, 0.25) is 0 Å². The zero-order valence-electron chi connectivity index (χ0n) is 13.7. The van der Waals surface area contributed by atoms with Gasteiger partial charge in [0, 0.05) is 11.1 Å². The van der Waals surface area contributed by atoms with Crippen LogP contribution in [0.3, 0.4) is 0 Å². The van der Waals surface area contributed by atoms with Gasteiger partial charge in [-0.15, -0.1) is 0 Å². The normalized spacial score (nSPS) is 12.3. The van der Waals surface area contributed by atoms with Crippen LogP contribution in [0, 0.1) is 13.8 Å². The van der Waals surface area contributed by atoms with Gasteiger partial charge in [-0.1, -0.05) is 24.3 Å². The molecule has 0 N–H and O–H groups in total. The van der Waals surface area contributed by atoms with E-state index < -0.39 is 20.2 Å². The van der Waals surface area contributed by atoms with Gasteiger partial charge >= 0.3 is 0 Å². The Morgan fingerprint density at radius 2 is 1.00 bits per heavy atom. The Labute approximate surface area is 142 Å². The Morgan fingerprint density at radius 1 is 0.667 bits per heavy atom. The summed E-state index contributed by atoms with van der Waals surface area (Å²) in [6.45, 7) is 3.47. The van der Waals surface area contributed by atoms with Crippen molar-refractivity contribution in [1.29, 1.82) is 0 Å². The summed E-state index contributed by atoms with van der Waals surface area (Å²) in [5.74, 6) is 0. The molecule has 8 heteroatoms. The summed E-state index contributed by atoms with van der Waals surface area (Å²) in [6.07, 6.45) is 0. The summed E-state index contributed by atoms with van der Waals surface area (Å²) in [5.41, 5.74) is 1.88.